The van der Waals surface area contributed by atoms with Crippen LogP contribution in [0, 0.1) is 6.92 Å². The number of nitrogens with zero attached hydrogens (tertiary/aromatic N) is 2. The third-order valence-electron chi connectivity index (χ3n) is 4.70. The van der Waals surface area contributed by atoms with E-state index in [1.54, 1.807) is 16.8 Å². The summed E-state index contributed by atoms with van der Waals surface area (Å²) in [5.41, 5.74) is 3.78. The molecule has 6 nitrogen and oxygen atoms in total. The zero-order chi connectivity index (χ0) is 19.0. The van der Waals surface area contributed by atoms with Gasteiger partial charge in [-0.25, -0.2) is 17.8 Å². The number of para-hydroxylation sites is 1. The van der Waals surface area contributed by atoms with Gasteiger partial charge in [0.2, 0.25) is 0 Å². The van der Waals surface area contributed by atoms with Crippen molar-refractivity contribution in [2.75, 3.05) is 0 Å². The Balaban J connectivity index is 1.68. The minimum atomic E-state index is -3.95. The maximum absolute atomic E-state index is 12.7. The number of hydrogen-bond acceptors (Lipinski definition) is 4. The van der Waals surface area contributed by atoms with Crippen LogP contribution in [-0.4, -0.2) is 24.1 Å². The third-order valence-corrected chi connectivity index (χ3v) is 6.05. The minimum Gasteiger partial charge on any atom is -0.266 e. The molecule has 0 bridgehead atoms. The van der Waals surface area contributed by atoms with Crippen molar-refractivity contribution in [2.45, 2.75) is 31.1 Å². The highest BCUT2D eigenvalue weighted by atomic mass is 32.2. The molecule has 1 N–H and O–H groups in total. The van der Waals surface area contributed by atoms with Crippen molar-refractivity contribution in [3.05, 3.63) is 77.1 Å². The number of rotatable bonds is 4. The molecule has 3 aromatic rings. The van der Waals surface area contributed by atoms with Crippen molar-refractivity contribution in [1.29, 1.82) is 0 Å². The molecule has 1 aromatic heterocycles. The minimum absolute atomic E-state index is 0.0561. The van der Waals surface area contributed by atoms with Crippen molar-refractivity contribution in [3.8, 4) is 5.69 Å². The van der Waals surface area contributed by atoms with Gasteiger partial charge in [0.1, 0.15) is 0 Å². The summed E-state index contributed by atoms with van der Waals surface area (Å²) in [4.78, 5) is 12.8. The molecule has 0 aliphatic heterocycles. The predicted molar refractivity (Wildman–Crippen MR) is 101 cm³/mol. The Bertz CT molecular complexity index is 1100. The molecule has 1 amide bonds. The first kappa shape index (κ1) is 17.5. The van der Waals surface area contributed by atoms with E-state index in [0.29, 0.717) is 0 Å². The van der Waals surface area contributed by atoms with Crippen LogP contribution in [0.5, 0.6) is 0 Å². The van der Waals surface area contributed by atoms with Gasteiger partial charge in [-0.3, -0.25) is 4.79 Å². The second kappa shape index (κ2) is 6.66. The average Bonchev–Trinajstić information content (AvgIpc) is 3.25. The molecule has 0 fully saturated rings. The lowest BCUT2D eigenvalue weighted by Gasteiger charge is -2.07. The fourth-order valence-electron chi connectivity index (χ4n) is 3.35. The summed E-state index contributed by atoms with van der Waals surface area (Å²) in [7, 11) is -3.95. The zero-order valence-corrected chi connectivity index (χ0v) is 15.7. The first-order valence-electron chi connectivity index (χ1n) is 8.76. The predicted octanol–water partition coefficient (Wildman–Crippen LogP) is 2.79. The maximum atomic E-state index is 12.7. The van der Waals surface area contributed by atoms with Crippen LogP contribution >= 0.6 is 0 Å². The average molecular weight is 381 g/mol. The number of sulfonamides is 1. The second-order valence-corrected chi connectivity index (χ2v) is 8.30. The SMILES string of the molecule is Cc1ccc(S(=O)(=O)NC(=O)c2nn(-c3ccccc3)c3c2CCC3)cc1. The van der Waals surface area contributed by atoms with Gasteiger partial charge in [-0.1, -0.05) is 35.9 Å². The first-order chi connectivity index (χ1) is 13.0. The quantitative estimate of drug-likeness (QED) is 0.753. The molecule has 2 aromatic carbocycles. The van der Waals surface area contributed by atoms with Crippen LogP contribution in [-0.2, 0) is 22.9 Å². The Labute approximate surface area is 157 Å². The highest BCUT2D eigenvalue weighted by Gasteiger charge is 2.29. The molecular formula is C20H19N3O3S. The fourth-order valence-corrected chi connectivity index (χ4v) is 4.30. The van der Waals surface area contributed by atoms with Crippen molar-refractivity contribution in [3.63, 3.8) is 0 Å². The van der Waals surface area contributed by atoms with E-state index in [1.807, 2.05) is 37.3 Å². The highest BCUT2D eigenvalue weighted by Crippen LogP contribution is 2.28. The lowest BCUT2D eigenvalue weighted by molar-refractivity contribution is 0.0975. The van der Waals surface area contributed by atoms with Gasteiger partial charge in [0.15, 0.2) is 5.69 Å². The summed E-state index contributed by atoms with van der Waals surface area (Å²) < 4.78 is 29.0. The van der Waals surface area contributed by atoms with E-state index in [0.717, 1.165) is 41.8 Å². The van der Waals surface area contributed by atoms with Gasteiger partial charge in [0.25, 0.3) is 15.9 Å². The number of amides is 1. The van der Waals surface area contributed by atoms with Gasteiger partial charge < -0.3 is 0 Å². The molecule has 27 heavy (non-hydrogen) atoms. The molecule has 7 heteroatoms. The summed E-state index contributed by atoms with van der Waals surface area (Å²) in [5.74, 6) is -0.691. The van der Waals surface area contributed by atoms with Crippen LogP contribution in [0.3, 0.4) is 0 Å². The monoisotopic (exact) mass is 381 g/mol. The molecule has 138 valence electrons. The van der Waals surface area contributed by atoms with Crippen LogP contribution in [0.15, 0.2) is 59.5 Å². The van der Waals surface area contributed by atoms with Crippen molar-refractivity contribution >= 4 is 15.9 Å². The molecule has 0 unspecified atom stereocenters. The summed E-state index contributed by atoms with van der Waals surface area (Å²) in [6, 6.07) is 15.9. The Morgan fingerprint density at radius 3 is 2.44 bits per heavy atom. The molecule has 0 atom stereocenters. The third kappa shape index (κ3) is 3.26. The number of aryl methyl sites for hydroxylation is 1. The number of carbonyl (C=O) groups is 1. The second-order valence-electron chi connectivity index (χ2n) is 6.62. The van der Waals surface area contributed by atoms with E-state index in [9.17, 15) is 13.2 Å². The van der Waals surface area contributed by atoms with Crippen molar-refractivity contribution in [1.82, 2.24) is 14.5 Å². The van der Waals surface area contributed by atoms with Crippen molar-refractivity contribution < 1.29 is 13.2 Å². The lowest BCUT2D eigenvalue weighted by Crippen LogP contribution is -2.31. The molecule has 0 spiro atoms. The molecular weight excluding hydrogens is 362 g/mol. The number of fused-ring (bicyclic) bond motifs is 1. The van der Waals surface area contributed by atoms with E-state index in [2.05, 4.69) is 9.82 Å². The van der Waals surface area contributed by atoms with Crippen LogP contribution < -0.4 is 4.72 Å². The lowest BCUT2D eigenvalue weighted by atomic mass is 10.2. The molecule has 1 aliphatic rings. The zero-order valence-electron chi connectivity index (χ0n) is 14.8. The van der Waals surface area contributed by atoms with Gasteiger partial charge in [0.05, 0.1) is 10.6 Å². The molecule has 1 aliphatic carbocycles. The number of nitrogens with one attached hydrogen (secondary N) is 1. The standard InChI is InChI=1S/C20H19N3O3S/c1-14-10-12-16(13-11-14)27(25,26)22-20(24)19-17-8-5-9-18(17)23(21-19)15-6-3-2-4-7-15/h2-4,6-7,10-13H,5,8-9H2,1H3,(H,22,24). The Morgan fingerprint density at radius 2 is 1.74 bits per heavy atom. The number of hydrogen-bond donors (Lipinski definition) is 1. The van der Waals surface area contributed by atoms with Crippen LogP contribution in [0.2, 0.25) is 0 Å². The topological polar surface area (TPSA) is 81.1 Å². The molecule has 1 heterocycles. The fraction of sp³-hybridized carbons (Fsp3) is 0.200. The van der Waals surface area contributed by atoms with Gasteiger partial charge >= 0.3 is 0 Å². The molecule has 0 radical (unpaired) electrons. The van der Waals surface area contributed by atoms with Crippen LogP contribution in [0.25, 0.3) is 5.69 Å². The van der Waals surface area contributed by atoms with E-state index in [-0.39, 0.29) is 10.6 Å². The summed E-state index contributed by atoms with van der Waals surface area (Å²) in [6.45, 7) is 1.87. The number of benzene rings is 2. The maximum Gasteiger partial charge on any atom is 0.285 e. The summed E-state index contributed by atoms with van der Waals surface area (Å²) >= 11 is 0. The van der Waals surface area contributed by atoms with Gasteiger partial charge in [-0.15, -0.1) is 0 Å². The Hall–Kier alpha value is -2.93. The Morgan fingerprint density at radius 1 is 1.04 bits per heavy atom. The molecule has 4 rings (SSSR count). The normalized spacial score (nSPS) is 13.4. The summed E-state index contributed by atoms with van der Waals surface area (Å²) in [5, 5.41) is 4.43. The van der Waals surface area contributed by atoms with E-state index in [4.69, 9.17) is 0 Å². The summed E-state index contributed by atoms with van der Waals surface area (Å²) in [6.07, 6.45) is 2.45. The van der Waals surface area contributed by atoms with Crippen LogP contribution in [0.1, 0.15) is 33.7 Å². The Kier molecular flexibility index (Phi) is 4.31. The van der Waals surface area contributed by atoms with Gasteiger partial charge in [-0.05, 0) is 50.5 Å². The van der Waals surface area contributed by atoms with E-state index < -0.39 is 15.9 Å². The molecule has 0 saturated carbocycles. The number of carbonyl (C=O) groups excluding carboxylic acids is 1. The number of aromatic nitrogens is 2. The highest BCUT2D eigenvalue weighted by molar-refractivity contribution is 7.90. The van der Waals surface area contributed by atoms with E-state index in [1.165, 1.54) is 12.1 Å². The van der Waals surface area contributed by atoms with Crippen molar-refractivity contribution in [2.24, 2.45) is 0 Å². The van der Waals surface area contributed by atoms with Gasteiger partial charge in [-0.2, -0.15) is 5.10 Å². The first-order valence-corrected chi connectivity index (χ1v) is 10.2. The van der Waals surface area contributed by atoms with Gasteiger partial charge in [0, 0.05) is 11.3 Å². The van der Waals surface area contributed by atoms with E-state index >= 15 is 0 Å². The largest absolute Gasteiger partial charge is 0.285 e. The van der Waals surface area contributed by atoms with Crippen LogP contribution in [0.4, 0.5) is 0 Å². The molecule has 0 saturated heterocycles. The smallest absolute Gasteiger partial charge is 0.266 e.